The average Bonchev–Trinajstić information content (AvgIpc) is 3.47. The first kappa shape index (κ1) is 23.5. The lowest BCUT2D eigenvalue weighted by atomic mass is 10.0. The van der Waals surface area contributed by atoms with Crippen LogP contribution < -0.4 is 11.1 Å². The Hall–Kier alpha value is -3.67. The number of alkyl halides is 2. The number of nitrogens with two attached hydrogens (primary N) is 1. The third kappa shape index (κ3) is 3.94. The van der Waals surface area contributed by atoms with Gasteiger partial charge in [0.2, 0.25) is 0 Å². The molecule has 4 heterocycles. The topological polar surface area (TPSA) is 121 Å². The van der Waals surface area contributed by atoms with Crippen LogP contribution in [0.15, 0.2) is 18.5 Å². The van der Waals surface area contributed by atoms with Gasteiger partial charge in [0.1, 0.15) is 15.4 Å². The Labute approximate surface area is 197 Å². The molecular formula is C22H23F2N7O2S. The number of rotatable bonds is 7. The summed E-state index contributed by atoms with van der Waals surface area (Å²) >= 11 is 0.860. The maximum absolute atomic E-state index is 13.7. The van der Waals surface area contributed by atoms with Crippen LogP contribution in [0.25, 0.3) is 21.3 Å². The number of hydrogen-bond donors (Lipinski definition) is 2. The van der Waals surface area contributed by atoms with E-state index in [4.69, 9.17) is 5.73 Å². The summed E-state index contributed by atoms with van der Waals surface area (Å²) in [6.07, 6.45) is 0.349. The van der Waals surface area contributed by atoms with E-state index in [0.29, 0.717) is 40.9 Å². The third-order valence-electron chi connectivity index (χ3n) is 5.58. The minimum absolute atomic E-state index is 0.0181. The zero-order chi connectivity index (χ0) is 24.7. The number of nitrogens with zero attached hydrogens (tertiary/aromatic N) is 5. The number of aryl methyl sites for hydroxylation is 3. The summed E-state index contributed by atoms with van der Waals surface area (Å²) in [6.45, 7) is 8.49. The van der Waals surface area contributed by atoms with Crippen LogP contribution in [-0.2, 0) is 13.1 Å². The molecule has 0 saturated heterocycles. The van der Waals surface area contributed by atoms with Crippen LogP contribution in [0.1, 0.15) is 57.4 Å². The number of carbonyl (C=O) groups excluding carboxylic acids is 2. The van der Waals surface area contributed by atoms with E-state index in [0.717, 1.165) is 17.0 Å². The van der Waals surface area contributed by atoms with Gasteiger partial charge in [-0.25, -0.2) is 13.8 Å². The Morgan fingerprint density at radius 1 is 1.21 bits per heavy atom. The number of nitrogens with one attached hydrogen (secondary N) is 1. The summed E-state index contributed by atoms with van der Waals surface area (Å²) in [5, 5.41) is 11.7. The molecular weight excluding hydrogens is 464 g/mol. The van der Waals surface area contributed by atoms with Crippen molar-refractivity contribution in [1.29, 1.82) is 0 Å². The lowest BCUT2D eigenvalue weighted by Crippen LogP contribution is -2.17. The summed E-state index contributed by atoms with van der Waals surface area (Å²) in [5.41, 5.74) is 7.86. The molecule has 0 aliphatic carbocycles. The molecule has 0 saturated carbocycles. The Balaban J connectivity index is 1.97. The lowest BCUT2D eigenvalue weighted by molar-refractivity contribution is 0.100. The number of aromatic nitrogens is 5. The number of thiophene rings is 1. The van der Waals surface area contributed by atoms with E-state index in [-0.39, 0.29) is 15.4 Å². The maximum Gasteiger partial charge on any atom is 0.280 e. The SMILES string of the molecule is CCn1cc(C(=O)Nc2c(C(N)=O)sc3nc(C(F)F)cc(-c4cnn(CC)c4C)c23)c(C)n1. The van der Waals surface area contributed by atoms with Gasteiger partial charge in [-0.2, -0.15) is 10.2 Å². The van der Waals surface area contributed by atoms with Gasteiger partial charge in [0.25, 0.3) is 18.2 Å². The van der Waals surface area contributed by atoms with Gasteiger partial charge < -0.3 is 11.1 Å². The minimum atomic E-state index is -2.83. The van der Waals surface area contributed by atoms with Gasteiger partial charge in [0.05, 0.1) is 23.1 Å². The molecule has 9 nitrogen and oxygen atoms in total. The Morgan fingerprint density at radius 3 is 2.50 bits per heavy atom. The Morgan fingerprint density at radius 2 is 1.94 bits per heavy atom. The van der Waals surface area contributed by atoms with E-state index >= 15 is 0 Å². The quantitative estimate of drug-likeness (QED) is 0.403. The van der Waals surface area contributed by atoms with Crippen molar-refractivity contribution in [1.82, 2.24) is 24.5 Å². The van der Waals surface area contributed by atoms with E-state index < -0.39 is 23.9 Å². The number of fused-ring (bicyclic) bond motifs is 1. The molecule has 0 atom stereocenters. The molecule has 0 fully saturated rings. The molecule has 0 aromatic carbocycles. The second-order valence-electron chi connectivity index (χ2n) is 7.64. The molecule has 178 valence electrons. The first-order valence-electron chi connectivity index (χ1n) is 10.6. The van der Waals surface area contributed by atoms with Gasteiger partial charge in [-0.1, -0.05) is 0 Å². The molecule has 0 aliphatic heterocycles. The highest BCUT2D eigenvalue weighted by Crippen LogP contribution is 2.43. The van der Waals surface area contributed by atoms with Gasteiger partial charge in [0.15, 0.2) is 0 Å². The van der Waals surface area contributed by atoms with E-state index in [1.807, 2.05) is 20.8 Å². The first-order chi connectivity index (χ1) is 16.2. The van der Waals surface area contributed by atoms with Crippen LogP contribution in [0.3, 0.4) is 0 Å². The monoisotopic (exact) mass is 487 g/mol. The molecule has 4 aromatic heterocycles. The highest BCUT2D eigenvalue weighted by Gasteiger charge is 2.27. The fraction of sp³-hybridized carbons (Fsp3) is 0.318. The van der Waals surface area contributed by atoms with Gasteiger partial charge >= 0.3 is 0 Å². The summed E-state index contributed by atoms with van der Waals surface area (Å²) in [4.78, 5) is 29.7. The third-order valence-corrected chi connectivity index (χ3v) is 6.67. The van der Waals surface area contributed by atoms with Crippen molar-refractivity contribution < 1.29 is 18.4 Å². The highest BCUT2D eigenvalue weighted by molar-refractivity contribution is 7.21. The summed E-state index contributed by atoms with van der Waals surface area (Å²) in [7, 11) is 0. The van der Waals surface area contributed by atoms with Crippen molar-refractivity contribution in [2.75, 3.05) is 5.32 Å². The Bertz CT molecular complexity index is 1420. The van der Waals surface area contributed by atoms with Crippen LogP contribution >= 0.6 is 11.3 Å². The van der Waals surface area contributed by atoms with Crippen LogP contribution in [-0.4, -0.2) is 36.4 Å². The number of amides is 2. The predicted octanol–water partition coefficient (Wildman–Crippen LogP) is 4.30. The van der Waals surface area contributed by atoms with Crippen molar-refractivity contribution >= 4 is 39.1 Å². The van der Waals surface area contributed by atoms with E-state index in [1.54, 1.807) is 28.7 Å². The number of halogens is 2. The molecule has 0 spiro atoms. The predicted molar refractivity (Wildman–Crippen MR) is 125 cm³/mol. The molecule has 0 aliphatic rings. The van der Waals surface area contributed by atoms with Crippen molar-refractivity contribution in [2.45, 2.75) is 47.2 Å². The molecule has 3 N–H and O–H groups in total. The number of carbonyl (C=O) groups is 2. The normalized spacial score (nSPS) is 11.5. The molecule has 4 aromatic rings. The van der Waals surface area contributed by atoms with Crippen molar-refractivity contribution in [3.05, 3.63) is 46.0 Å². The first-order valence-corrected chi connectivity index (χ1v) is 11.4. The zero-order valence-electron chi connectivity index (χ0n) is 19.0. The average molecular weight is 488 g/mol. The standard InChI is InChI=1S/C22H23F2N7O2S/c1-5-30-9-14(10(3)29-30)21(33)28-17-16-12(13-8-26-31(6-2)11(13)4)7-15(19(23)24)27-22(16)34-18(17)20(25)32/h7-9,19H,5-6H2,1-4H3,(H2,25,32)(H,28,33). The molecule has 4 rings (SSSR count). The van der Waals surface area contributed by atoms with Crippen LogP contribution in [0, 0.1) is 13.8 Å². The van der Waals surface area contributed by atoms with Crippen molar-refractivity contribution in [3.63, 3.8) is 0 Å². The van der Waals surface area contributed by atoms with Gasteiger partial charge in [-0.05, 0) is 39.3 Å². The summed E-state index contributed by atoms with van der Waals surface area (Å²) in [6, 6.07) is 1.27. The highest BCUT2D eigenvalue weighted by atomic mass is 32.1. The number of pyridine rings is 1. The molecule has 34 heavy (non-hydrogen) atoms. The number of anilines is 1. The van der Waals surface area contributed by atoms with Gasteiger partial charge in [-0.15, -0.1) is 11.3 Å². The molecule has 0 radical (unpaired) electrons. The molecule has 2 amide bonds. The Kier molecular flexibility index (Phi) is 6.17. The van der Waals surface area contributed by atoms with Gasteiger partial charge in [0, 0.05) is 35.9 Å². The summed E-state index contributed by atoms with van der Waals surface area (Å²) < 4.78 is 30.7. The molecule has 12 heteroatoms. The van der Waals surface area contributed by atoms with Crippen molar-refractivity contribution in [2.24, 2.45) is 5.73 Å². The van der Waals surface area contributed by atoms with Crippen LogP contribution in [0.4, 0.5) is 14.5 Å². The van der Waals surface area contributed by atoms with E-state index in [1.165, 1.54) is 6.07 Å². The minimum Gasteiger partial charge on any atom is -0.365 e. The largest absolute Gasteiger partial charge is 0.365 e. The fourth-order valence-electron chi connectivity index (χ4n) is 3.85. The van der Waals surface area contributed by atoms with E-state index in [9.17, 15) is 18.4 Å². The smallest absolute Gasteiger partial charge is 0.280 e. The van der Waals surface area contributed by atoms with Crippen molar-refractivity contribution in [3.8, 4) is 11.1 Å². The molecule has 0 bridgehead atoms. The number of hydrogen-bond acceptors (Lipinski definition) is 6. The van der Waals surface area contributed by atoms with Crippen LogP contribution in [0.2, 0.25) is 0 Å². The summed E-state index contributed by atoms with van der Waals surface area (Å²) in [5.74, 6) is -1.30. The van der Waals surface area contributed by atoms with Gasteiger partial charge in [-0.3, -0.25) is 19.0 Å². The zero-order valence-corrected chi connectivity index (χ0v) is 19.8. The number of primary amides is 1. The van der Waals surface area contributed by atoms with Crippen LogP contribution in [0.5, 0.6) is 0 Å². The molecule has 0 unspecified atom stereocenters. The second-order valence-corrected chi connectivity index (χ2v) is 8.64. The van der Waals surface area contributed by atoms with E-state index in [2.05, 4.69) is 20.5 Å². The lowest BCUT2D eigenvalue weighted by Gasteiger charge is -2.11. The maximum atomic E-state index is 13.7. The fourth-order valence-corrected chi connectivity index (χ4v) is 4.86. The second kappa shape index (κ2) is 8.93.